The minimum absolute atomic E-state index is 0.0353. The van der Waals surface area contributed by atoms with E-state index in [1.54, 1.807) is 17.4 Å². The Morgan fingerprint density at radius 2 is 2.45 bits per heavy atom. The second kappa shape index (κ2) is 6.69. The molecule has 20 heavy (non-hydrogen) atoms. The minimum Gasteiger partial charge on any atom is -0.359 e. The zero-order valence-electron chi connectivity index (χ0n) is 11.1. The smallest absolute Gasteiger partial charge is 0.169 e. The first-order valence-corrected chi connectivity index (χ1v) is 9.51. The molecule has 0 amide bonds. The number of nitrogens with zero attached hydrogens (tertiary/aromatic N) is 1. The van der Waals surface area contributed by atoms with Crippen LogP contribution in [0.4, 0.5) is 0 Å². The third-order valence-electron chi connectivity index (χ3n) is 3.21. The Kier molecular flexibility index (Phi) is 5.17. The third-order valence-corrected chi connectivity index (χ3v) is 6.20. The van der Waals surface area contributed by atoms with E-state index in [-0.39, 0.29) is 17.5 Å². The highest BCUT2D eigenvalue weighted by Crippen LogP contribution is 2.21. The zero-order valence-corrected chi connectivity index (χ0v) is 13.6. The highest BCUT2D eigenvalue weighted by atomic mass is 32.2. The van der Waals surface area contributed by atoms with Gasteiger partial charge in [0, 0.05) is 17.5 Å². The van der Waals surface area contributed by atoms with Gasteiger partial charge in [-0.2, -0.15) is 0 Å². The molecule has 7 heteroatoms. The Morgan fingerprint density at radius 3 is 3.00 bits per heavy atom. The molecule has 1 aliphatic rings. The van der Waals surface area contributed by atoms with E-state index in [4.69, 9.17) is 12.2 Å². The maximum atomic E-state index is 11.7. The molecule has 2 heterocycles. The first kappa shape index (κ1) is 15.5. The molecule has 4 nitrogen and oxygen atoms in total. The van der Waals surface area contributed by atoms with Gasteiger partial charge in [-0.1, -0.05) is 12.1 Å². The van der Waals surface area contributed by atoms with Gasteiger partial charge in [0.05, 0.1) is 18.1 Å². The number of sulfone groups is 1. The summed E-state index contributed by atoms with van der Waals surface area (Å²) in [5.74, 6) is 0.441. The van der Waals surface area contributed by atoms with E-state index < -0.39 is 9.84 Å². The van der Waals surface area contributed by atoms with Crippen LogP contribution in [-0.2, 0) is 16.4 Å². The maximum Gasteiger partial charge on any atom is 0.169 e. The summed E-state index contributed by atoms with van der Waals surface area (Å²) < 4.78 is 23.4. The van der Waals surface area contributed by atoms with Crippen molar-refractivity contribution in [3.8, 4) is 0 Å². The Hall–Kier alpha value is -0.920. The Balaban J connectivity index is 2.11. The number of rotatable bonds is 5. The van der Waals surface area contributed by atoms with Crippen LogP contribution in [-0.4, -0.2) is 42.5 Å². The van der Waals surface area contributed by atoms with E-state index in [1.165, 1.54) is 4.88 Å². The number of hydrogen-bond donors (Lipinski definition) is 1. The summed E-state index contributed by atoms with van der Waals surface area (Å²) in [6, 6.07) is 3.99. The lowest BCUT2D eigenvalue weighted by Crippen LogP contribution is -2.46. The Labute approximate surface area is 129 Å². The summed E-state index contributed by atoms with van der Waals surface area (Å²) in [4.78, 5) is 3.17. The summed E-state index contributed by atoms with van der Waals surface area (Å²) >= 11 is 7.05. The Bertz CT molecular complexity index is 566. The van der Waals surface area contributed by atoms with Gasteiger partial charge in [0.1, 0.15) is 0 Å². The SMILES string of the molecule is C=CCNC(=S)N(Cc1cccs1)[C@H]1CCS(=O)(=O)C1. The Morgan fingerprint density at radius 1 is 1.65 bits per heavy atom. The standard InChI is InChI=1S/C13H18N2O2S3/c1-2-6-14-13(18)15(9-12-4-3-7-19-12)11-5-8-20(16,17)10-11/h2-4,7,11H,1,5-6,8-10H2,(H,14,18)/t11-/m0/s1. The van der Waals surface area contributed by atoms with Crippen LogP contribution >= 0.6 is 23.6 Å². The predicted molar refractivity (Wildman–Crippen MR) is 87.7 cm³/mol. The van der Waals surface area contributed by atoms with Crippen LogP contribution in [0.1, 0.15) is 11.3 Å². The number of thiocarbonyl (C=S) groups is 1. The van der Waals surface area contributed by atoms with Crippen molar-refractivity contribution in [1.82, 2.24) is 10.2 Å². The molecule has 0 unspecified atom stereocenters. The van der Waals surface area contributed by atoms with Crippen LogP contribution < -0.4 is 5.32 Å². The van der Waals surface area contributed by atoms with Crippen molar-refractivity contribution >= 4 is 38.5 Å². The average molecular weight is 331 g/mol. The molecule has 1 aromatic rings. The molecule has 0 aliphatic carbocycles. The molecule has 1 aromatic heterocycles. The molecule has 1 saturated heterocycles. The lowest BCUT2D eigenvalue weighted by Gasteiger charge is -2.30. The van der Waals surface area contributed by atoms with Crippen molar-refractivity contribution in [3.05, 3.63) is 35.0 Å². The molecule has 1 aliphatic heterocycles. The van der Waals surface area contributed by atoms with E-state index in [0.29, 0.717) is 24.6 Å². The van der Waals surface area contributed by atoms with Gasteiger partial charge < -0.3 is 10.2 Å². The summed E-state index contributed by atoms with van der Waals surface area (Å²) in [5, 5.41) is 5.71. The quantitative estimate of drug-likeness (QED) is 0.659. The van der Waals surface area contributed by atoms with Gasteiger partial charge >= 0.3 is 0 Å². The molecule has 110 valence electrons. The van der Waals surface area contributed by atoms with Gasteiger partial charge in [0.15, 0.2) is 14.9 Å². The molecule has 2 rings (SSSR count). The third kappa shape index (κ3) is 4.04. The van der Waals surface area contributed by atoms with E-state index in [1.807, 2.05) is 22.4 Å². The fourth-order valence-electron chi connectivity index (χ4n) is 2.22. The number of nitrogens with one attached hydrogen (secondary N) is 1. The van der Waals surface area contributed by atoms with Crippen molar-refractivity contribution in [1.29, 1.82) is 0 Å². The molecular weight excluding hydrogens is 312 g/mol. The molecule has 0 bridgehead atoms. The van der Waals surface area contributed by atoms with E-state index in [2.05, 4.69) is 11.9 Å². The first-order valence-electron chi connectivity index (χ1n) is 6.40. The van der Waals surface area contributed by atoms with Crippen molar-refractivity contribution < 1.29 is 8.42 Å². The highest BCUT2D eigenvalue weighted by Gasteiger charge is 2.33. The van der Waals surface area contributed by atoms with Gasteiger partial charge in [0.2, 0.25) is 0 Å². The fourth-order valence-corrected chi connectivity index (χ4v) is 4.95. The van der Waals surface area contributed by atoms with Crippen LogP contribution in [0.15, 0.2) is 30.2 Å². The van der Waals surface area contributed by atoms with Gasteiger partial charge in [-0.3, -0.25) is 0 Å². The lowest BCUT2D eigenvalue weighted by atomic mass is 10.2. The minimum atomic E-state index is -2.92. The predicted octanol–water partition coefficient (Wildman–Crippen LogP) is 1.80. The van der Waals surface area contributed by atoms with Crippen LogP contribution in [0.25, 0.3) is 0 Å². The fraction of sp³-hybridized carbons (Fsp3) is 0.462. The second-order valence-corrected chi connectivity index (χ2v) is 8.39. The largest absolute Gasteiger partial charge is 0.359 e. The van der Waals surface area contributed by atoms with Crippen LogP contribution in [0.5, 0.6) is 0 Å². The van der Waals surface area contributed by atoms with Gasteiger partial charge in [-0.15, -0.1) is 17.9 Å². The van der Waals surface area contributed by atoms with Crippen molar-refractivity contribution in [2.45, 2.75) is 19.0 Å². The molecule has 0 saturated carbocycles. The summed E-state index contributed by atoms with van der Waals surface area (Å²) in [5.41, 5.74) is 0. The zero-order chi connectivity index (χ0) is 14.6. The van der Waals surface area contributed by atoms with Crippen LogP contribution in [0, 0.1) is 0 Å². The average Bonchev–Trinajstić information content (AvgIpc) is 3.02. The summed E-state index contributed by atoms with van der Waals surface area (Å²) in [7, 11) is -2.92. The topological polar surface area (TPSA) is 49.4 Å². The number of hydrogen-bond acceptors (Lipinski definition) is 4. The highest BCUT2D eigenvalue weighted by molar-refractivity contribution is 7.91. The van der Waals surface area contributed by atoms with E-state index in [0.717, 1.165) is 0 Å². The molecular formula is C13H18N2O2S3. The molecule has 1 N–H and O–H groups in total. The summed E-state index contributed by atoms with van der Waals surface area (Å²) in [6.45, 7) is 4.89. The lowest BCUT2D eigenvalue weighted by molar-refractivity contribution is 0.326. The molecule has 0 radical (unpaired) electrons. The maximum absolute atomic E-state index is 11.7. The summed E-state index contributed by atoms with van der Waals surface area (Å²) in [6.07, 6.45) is 2.38. The monoisotopic (exact) mass is 330 g/mol. The van der Waals surface area contributed by atoms with Crippen LogP contribution in [0.2, 0.25) is 0 Å². The number of thiophene rings is 1. The molecule has 1 atom stereocenters. The van der Waals surface area contributed by atoms with E-state index in [9.17, 15) is 8.42 Å². The molecule has 0 aromatic carbocycles. The van der Waals surface area contributed by atoms with E-state index >= 15 is 0 Å². The van der Waals surface area contributed by atoms with Crippen molar-refractivity contribution in [3.63, 3.8) is 0 Å². The molecule has 1 fully saturated rings. The van der Waals surface area contributed by atoms with Crippen molar-refractivity contribution in [2.24, 2.45) is 0 Å². The first-order chi connectivity index (χ1) is 9.52. The second-order valence-electron chi connectivity index (χ2n) is 4.74. The van der Waals surface area contributed by atoms with Gasteiger partial charge in [0.25, 0.3) is 0 Å². The van der Waals surface area contributed by atoms with Crippen molar-refractivity contribution in [2.75, 3.05) is 18.1 Å². The normalized spacial score (nSPS) is 20.5. The van der Waals surface area contributed by atoms with Gasteiger partial charge in [-0.25, -0.2) is 8.42 Å². The molecule has 0 spiro atoms. The van der Waals surface area contributed by atoms with Gasteiger partial charge in [-0.05, 0) is 30.1 Å². The van der Waals surface area contributed by atoms with Crippen LogP contribution in [0.3, 0.4) is 0 Å².